The highest BCUT2D eigenvalue weighted by molar-refractivity contribution is 7.10. The lowest BCUT2D eigenvalue weighted by Crippen LogP contribution is -2.15. The summed E-state index contributed by atoms with van der Waals surface area (Å²) < 4.78 is 5.04. The number of carbonyl (C=O) groups is 2. The van der Waals surface area contributed by atoms with Gasteiger partial charge in [-0.2, -0.15) is 0 Å². The van der Waals surface area contributed by atoms with Crippen LogP contribution in [-0.4, -0.2) is 18.4 Å². The van der Waals surface area contributed by atoms with Gasteiger partial charge >= 0.3 is 5.97 Å². The van der Waals surface area contributed by atoms with Crippen molar-refractivity contribution < 1.29 is 14.3 Å². The highest BCUT2D eigenvalue weighted by atomic mass is 32.1. The zero-order valence-electron chi connectivity index (χ0n) is 12.7. The molecular weight excluding hydrogens is 296 g/mol. The van der Waals surface area contributed by atoms with Crippen LogP contribution in [-0.2, 0) is 22.4 Å². The topological polar surface area (TPSA) is 43.4 Å². The standard InChI is InChI=1S/C18H20O3S/c1-2-3-5-14-7-9-15(10-8-14)17(19)13-21-18(20)12-16-6-4-11-22-16/h4,6-11H,2-3,5,12-13H2,1H3. The summed E-state index contributed by atoms with van der Waals surface area (Å²) in [5.74, 6) is -0.531. The SMILES string of the molecule is CCCCc1ccc(C(=O)COC(=O)Cc2cccs2)cc1. The monoisotopic (exact) mass is 316 g/mol. The molecule has 4 heteroatoms. The van der Waals surface area contributed by atoms with Crippen LogP contribution in [0.5, 0.6) is 0 Å². The first kappa shape index (κ1) is 16.4. The van der Waals surface area contributed by atoms with E-state index in [2.05, 4.69) is 6.92 Å². The molecule has 0 aliphatic heterocycles. The summed E-state index contributed by atoms with van der Waals surface area (Å²) in [5, 5.41) is 1.91. The minimum Gasteiger partial charge on any atom is -0.457 e. The van der Waals surface area contributed by atoms with Crippen molar-refractivity contribution in [2.75, 3.05) is 6.61 Å². The molecule has 0 N–H and O–H groups in total. The number of Topliss-reactive ketones (excluding diaryl/α,β-unsaturated/α-hetero) is 1. The summed E-state index contributed by atoms with van der Waals surface area (Å²) in [5.41, 5.74) is 1.82. The van der Waals surface area contributed by atoms with Gasteiger partial charge < -0.3 is 4.74 Å². The molecule has 2 aromatic rings. The van der Waals surface area contributed by atoms with E-state index in [1.165, 1.54) is 16.9 Å². The lowest BCUT2D eigenvalue weighted by atomic mass is 10.0. The van der Waals surface area contributed by atoms with Crippen molar-refractivity contribution in [3.63, 3.8) is 0 Å². The average Bonchev–Trinajstić information content (AvgIpc) is 3.04. The number of benzene rings is 1. The van der Waals surface area contributed by atoms with Crippen LogP contribution in [0.4, 0.5) is 0 Å². The molecule has 0 radical (unpaired) electrons. The Morgan fingerprint density at radius 3 is 2.55 bits per heavy atom. The van der Waals surface area contributed by atoms with Gasteiger partial charge in [-0.3, -0.25) is 9.59 Å². The van der Waals surface area contributed by atoms with Crippen molar-refractivity contribution in [2.45, 2.75) is 32.6 Å². The lowest BCUT2D eigenvalue weighted by Gasteiger charge is -2.05. The third kappa shape index (κ3) is 5.11. The van der Waals surface area contributed by atoms with Gasteiger partial charge in [-0.15, -0.1) is 11.3 Å². The van der Waals surface area contributed by atoms with E-state index in [9.17, 15) is 9.59 Å². The van der Waals surface area contributed by atoms with Crippen LogP contribution in [0.25, 0.3) is 0 Å². The summed E-state index contributed by atoms with van der Waals surface area (Å²) in [6.07, 6.45) is 3.55. The molecular formula is C18H20O3S. The highest BCUT2D eigenvalue weighted by Crippen LogP contribution is 2.11. The van der Waals surface area contributed by atoms with Crippen LogP contribution in [0.1, 0.15) is 40.6 Å². The minimum absolute atomic E-state index is 0.165. The predicted octanol–water partition coefficient (Wildman–Crippen LogP) is 4.06. The summed E-state index contributed by atoms with van der Waals surface area (Å²) in [6, 6.07) is 11.3. The molecule has 116 valence electrons. The van der Waals surface area contributed by atoms with Crippen LogP contribution in [0, 0.1) is 0 Å². The molecule has 0 saturated carbocycles. The van der Waals surface area contributed by atoms with Crippen molar-refractivity contribution >= 4 is 23.1 Å². The minimum atomic E-state index is -0.365. The summed E-state index contributed by atoms with van der Waals surface area (Å²) >= 11 is 1.50. The van der Waals surface area contributed by atoms with Crippen LogP contribution in [0.2, 0.25) is 0 Å². The van der Waals surface area contributed by atoms with Gasteiger partial charge in [-0.05, 0) is 29.9 Å². The molecule has 0 aliphatic carbocycles. The first-order chi connectivity index (χ1) is 10.7. The number of esters is 1. The number of unbranched alkanes of at least 4 members (excludes halogenated alkanes) is 1. The van der Waals surface area contributed by atoms with Crippen molar-refractivity contribution in [3.05, 3.63) is 57.8 Å². The van der Waals surface area contributed by atoms with Gasteiger partial charge in [-0.1, -0.05) is 43.7 Å². The fraction of sp³-hybridized carbons (Fsp3) is 0.333. The van der Waals surface area contributed by atoms with E-state index >= 15 is 0 Å². The average molecular weight is 316 g/mol. The van der Waals surface area contributed by atoms with E-state index in [0.29, 0.717) is 5.56 Å². The second kappa shape index (κ2) is 8.49. The smallest absolute Gasteiger partial charge is 0.311 e. The molecule has 3 nitrogen and oxygen atoms in total. The van der Waals surface area contributed by atoms with E-state index < -0.39 is 0 Å². The first-order valence-corrected chi connectivity index (χ1v) is 8.37. The molecule has 0 unspecified atom stereocenters. The molecule has 0 amide bonds. The number of carbonyl (C=O) groups excluding carboxylic acids is 2. The highest BCUT2D eigenvalue weighted by Gasteiger charge is 2.11. The Hall–Kier alpha value is -1.94. The van der Waals surface area contributed by atoms with Gasteiger partial charge in [0.1, 0.15) is 0 Å². The molecule has 0 atom stereocenters. The van der Waals surface area contributed by atoms with Crippen molar-refractivity contribution in [1.82, 2.24) is 0 Å². The zero-order chi connectivity index (χ0) is 15.8. The normalized spacial score (nSPS) is 10.4. The Labute approximate surface area is 134 Å². The Kier molecular flexibility index (Phi) is 6.34. The van der Waals surface area contributed by atoms with Crippen LogP contribution >= 0.6 is 11.3 Å². The molecule has 2 rings (SSSR count). The fourth-order valence-electron chi connectivity index (χ4n) is 2.07. The third-order valence-electron chi connectivity index (χ3n) is 3.36. The lowest BCUT2D eigenvalue weighted by molar-refractivity contribution is -0.141. The molecule has 1 aromatic heterocycles. The number of rotatable bonds is 8. The Morgan fingerprint density at radius 1 is 1.14 bits per heavy atom. The van der Waals surface area contributed by atoms with E-state index in [-0.39, 0.29) is 24.8 Å². The number of hydrogen-bond acceptors (Lipinski definition) is 4. The van der Waals surface area contributed by atoms with Crippen LogP contribution < -0.4 is 0 Å². The molecule has 0 saturated heterocycles. The Bertz CT molecular complexity index is 600. The summed E-state index contributed by atoms with van der Waals surface area (Å²) in [7, 11) is 0. The van der Waals surface area contributed by atoms with Gasteiger partial charge in [0, 0.05) is 10.4 Å². The van der Waals surface area contributed by atoms with Crippen molar-refractivity contribution in [2.24, 2.45) is 0 Å². The van der Waals surface area contributed by atoms with E-state index in [4.69, 9.17) is 4.74 Å². The van der Waals surface area contributed by atoms with Crippen LogP contribution in [0.15, 0.2) is 41.8 Å². The maximum Gasteiger partial charge on any atom is 0.311 e. The van der Waals surface area contributed by atoms with Gasteiger partial charge in [-0.25, -0.2) is 0 Å². The number of aryl methyl sites for hydroxylation is 1. The van der Waals surface area contributed by atoms with E-state index in [1.807, 2.05) is 29.6 Å². The predicted molar refractivity (Wildman–Crippen MR) is 88.4 cm³/mol. The second-order valence-electron chi connectivity index (χ2n) is 5.14. The maximum absolute atomic E-state index is 12.0. The molecule has 0 fully saturated rings. The second-order valence-corrected chi connectivity index (χ2v) is 6.17. The van der Waals surface area contributed by atoms with Crippen LogP contribution in [0.3, 0.4) is 0 Å². The Morgan fingerprint density at radius 2 is 1.91 bits per heavy atom. The summed E-state index contributed by atoms with van der Waals surface area (Å²) in [4.78, 5) is 24.6. The third-order valence-corrected chi connectivity index (χ3v) is 4.23. The van der Waals surface area contributed by atoms with Gasteiger partial charge in [0.05, 0.1) is 6.42 Å². The maximum atomic E-state index is 12.0. The largest absolute Gasteiger partial charge is 0.457 e. The van der Waals surface area contributed by atoms with Crippen molar-refractivity contribution in [1.29, 1.82) is 0 Å². The molecule has 0 spiro atoms. The molecule has 1 heterocycles. The Balaban J connectivity index is 1.80. The molecule has 22 heavy (non-hydrogen) atoms. The quantitative estimate of drug-likeness (QED) is 0.545. The molecule has 0 aliphatic rings. The number of thiophene rings is 1. The van der Waals surface area contributed by atoms with E-state index in [0.717, 1.165) is 24.1 Å². The number of hydrogen-bond donors (Lipinski definition) is 0. The van der Waals surface area contributed by atoms with Gasteiger partial charge in [0.2, 0.25) is 0 Å². The molecule has 0 bridgehead atoms. The van der Waals surface area contributed by atoms with Gasteiger partial charge in [0.15, 0.2) is 12.4 Å². The first-order valence-electron chi connectivity index (χ1n) is 7.49. The van der Waals surface area contributed by atoms with Crippen molar-refractivity contribution in [3.8, 4) is 0 Å². The van der Waals surface area contributed by atoms with Gasteiger partial charge in [0.25, 0.3) is 0 Å². The number of ether oxygens (including phenoxy) is 1. The van der Waals surface area contributed by atoms with E-state index in [1.54, 1.807) is 12.1 Å². The molecule has 1 aromatic carbocycles. The fourth-order valence-corrected chi connectivity index (χ4v) is 2.76. The summed E-state index contributed by atoms with van der Waals surface area (Å²) in [6.45, 7) is 1.96. The zero-order valence-corrected chi connectivity index (χ0v) is 13.5. The number of ketones is 1.